The van der Waals surface area contributed by atoms with Gasteiger partial charge in [-0.25, -0.2) is 4.98 Å². The predicted octanol–water partition coefficient (Wildman–Crippen LogP) is 3.04. The van der Waals surface area contributed by atoms with Crippen molar-refractivity contribution in [2.45, 2.75) is 19.8 Å². The Kier molecular flexibility index (Phi) is 6.81. The molecular weight excluding hydrogens is 220 g/mol. The summed E-state index contributed by atoms with van der Waals surface area (Å²) in [6.45, 7) is 3.79. The molecule has 0 aliphatic heterocycles. The van der Waals surface area contributed by atoms with Crippen LogP contribution in [0, 0.1) is 0 Å². The second kappa shape index (κ2) is 8.28. The van der Waals surface area contributed by atoms with Gasteiger partial charge in [0.1, 0.15) is 0 Å². The zero-order valence-electron chi connectivity index (χ0n) is 10.0. The Bertz CT molecular complexity index is 294. The molecule has 0 amide bonds. The van der Waals surface area contributed by atoms with E-state index in [2.05, 4.69) is 23.5 Å². The van der Waals surface area contributed by atoms with Crippen molar-refractivity contribution in [3.05, 3.63) is 18.3 Å². The summed E-state index contributed by atoms with van der Waals surface area (Å²) in [5.74, 6) is 2.89. The molecule has 0 radical (unpaired) electrons. The number of nitrogens with one attached hydrogen (secondary N) is 1. The second-order valence-electron chi connectivity index (χ2n) is 3.47. The maximum absolute atomic E-state index is 5.61. The molecule has 0 aromatic carbocycles. The van der Waals surface area contributed by atoms with Gasteiger partial charge in [-0.1, -0.05) is 6.92 Å². The molecule has 0 atom stereocenters. The van der Waals surface area contributed by atoms with Crippen LogP contribution in [0.25, 0.3) is 0 Å². The summed E-state index contributed by atoms with van der Waals surface area (Å²) in [5, 5.41) is 3.31. The van der Waals surface area contributed by atoms with E-state index in [-0.39, 0.29) is 0 Å². The average molecular weight is 240 g/mol. The number of nitrogens with zero attached hydrogens (tertiary/aromatic N) is 1. The lowest BCUT2D eigenvalue weighted by atomic mass is 10.4. The van der Waals surface area contributed by atoms with Crippen LogP contribution in [0.4, 0.5) is 5.82 Å². The lowest BCUT2D eigenvalue weighted by Crippen LogP contribution is -2.07. The van der Waals surface area contributed by atoms with Gasteiger partial charge in [-0.2, -0.15) is 11.8 Å². The Morgan fingerprint density at radius 2 is 2.38 bits per heavy atom. The van der Waals surface area contributed by atoms with Gasteiger partial charge >= 0.3 is 0 Å². The molecule has 4 heteroatoms. The summed E-state index contributed by atoms with van der Waals surface area (Å²) in [7, 11) is 0. The number of rotatable bonds is 8. The highest BCUT2D eigenvalue weighted by molar-refractivity contribution is 7.98. The Balaban J connectivity index is 2.43. The van der Waals surface area contributed by atoms with Gasteiger partial charge in [-0.3, -0.25) is 0 Å². The maximum atomic E-state index is 5.61. The number of pyridine rings is 1. The molecule has 0 aliphatic rings. The van der Waals surface area contributed by atoms with E-state index in [1.165, 1.54) is 5.75 Å². The minimum atomic E-state index is 0.741. The largest absolute Gasteiger partial charge is 0.490 e. The average Bonchev–Trinajstić information content (AvgIpc) is 2.33. The monoisotopic (exact) mass is 240 g/mol. The first-order chi connectivity index (χ1) is 7.88. The molecule has 1 rings (SSSR count). The summed E-state index contributed by atoms with van der Waals surface area (Å²) in [6.07, 6.45) is 6.07. The molecular formula is C12H20N2OS. The molecule has 0 aliphatic carbocycles. The number of aromatic nitrogens is 1. The van der Waals surface area contributed by atoms with Crippen LogP contribution in [0.2, 0.25) is 0 Å². The van der Waals surface area contributed by atoms with Crippen molar-refractivity contribution in [1.82, 2.24) is 4.98 Å². The smallest absolute Gasteiger partial charge is 0.168 e. The predicted molar refractivity (Wildman–Crippen MR) is 71.5 cm³/mol. The van der Waals surface area contributed by atoms with Crippen LogP contribution in [0.15, 0.2) is 18.3 Å². The van der Waals surface area contributed by atoms with Crippen molar-refractivity contribution >= 4 is 17.6 Å². The van der Waals surface area contributed by atoms with E-state index in [9.17, 15) is 0 Å². The van der Waals surface area contributed by atoms with Crippen molar-refractivity contribution in [2.24, 2.45) is 0 Å². The molecule has 0 fully saturated rings. The van der Waals surface area contributed by atoms with Gasteiger partial charge in [-0.15, -0.1) is 0 Å². The second-order valence-corrected chi connectivity index (χ2v) is 4.46. The van der Waals surface area contributed by atoms with Gasteiger partial charge in [0, 0.05) is 12.7 Å². The fourth-order valence-corrected chi connectivity index (χ4v) is 1.71. The van der Waals surface area contributed by atoms with E-state index < -0.39 is 0 Å². The van der Waals surface area contributed by atoms with Crippen molar-refractivity contribution in [2.75, 3.05) is 30.5 Å². The minimum Gasteiger partial charge on any atom is -0.490 e. The van der Waals surface area contributed by atoms with E-state index in [0.717, 1.165) is 37.6 Å². The van der Waals surface area contributed by atoms with Crippen molar-refractivity contribution in [3.8, 4) is 5.75 Å². The summed E-state index contributed by atoms with van der Waals surface area (Å²) in [4.78, 5) is 4.29. The lowest BCUT2D eigenvalue weighted by Gasteiger charge is -2.11. The van der Waals surface area contributed by atoms with Gasteiger partial charge < -0.3 is 10.1 Å². The summed E-state index contributed by atoms with van der Waals surface area (Å²) in [6, 6.07) is 3.86. The highest BCUT2D eigenvalue weighted by Gasteiger charge is 2.02. The normalized spacial score (nSPS) is 10.1. The van der Waals surface area contributed by atoms with Crippen LogP contribution in [-0.2, 0) is 0 Å². The Morgan fingerprint density at radius 3 is 3.12 bits per heavy atom. The maximum Gasteiger partial charge on any atom is 0.168 e. The first kappa shape index (κ1) is 13.2. The highest BCUT2D eigenvalue weighted by atomic mass is 32.2. The van der Waals surface area contributed by atoms with Gasteiger partial charge in [0.2, 0.25) is 0 Å². The van der Waals surface area contributed by atoms with Gasteiger partial charge in [0.15, 0.2) is 11.6 Å². The molecule has 16 heavy (non-hydrogen) atoms. The summed E-state index contributed by atoms with van der Waals surface area (Å²) in [5.41, 5.74) is 0. The molecule has 0 spiro atoms. The van der Waals surface area contributed by atoms with Crippen molar-refractivity contribution < 1.29 is 4.74 Å². The molecule has 1 heterocycles. The fourth-order valence-electron chi connectivity index (χ4n) is 1.28. The van der Waals surface area contributed by atoms with E-state index >= 15 is 0 Å². The molecule has 0 bridgehead atoms. The molecule has 0 saturated carbocycles. The Morgan fingerprint density at radius 1 is 1.50 bits per heavy atom. The third-order valence-corrected chi connectivity index (χ3v) is 2.75. The Hall–Kier alpha value is -0.900. The van der Waals surface area contributed by atoms with Crippen molar-refractivity contribution in [1.29, 1.82) is 0 Å². The van der Waals surface area contributed by atoms with Crippen LogP contribution >= 0.6 is 11.8 Å². The highest BCUT2D eigenvalue weighted by Crippen LogP contribution is 2.20. The molecule has 1 aromatic rings. The number of hydrogen-bond acceptors (Lipinski definition) is 4. The number of anilines is 1. The van der Waals surface area contributed by atoms with Crippen LogP contribution in [-0.4, -0.2) is 30.1 Å². The SMILES string of the molecule is CCCOc1cccnc1NCCCSC. The fraction of sp³-hybridized carbons (Fsp3) is 0.583. The van der Waals surface area contributed by atoms with E-state index in [1.54, 1.807) is 6.20 Å². The molecule has 90 valence electrons. The Labute approximate surface area is 102 Å². The molecule has 0 saturated heterocycles. The zero-order valence-corrected chi connectivity index (χ0v) is 10.8. The van der Waals surface area contributed by atoms with Crippen molar-refractivity contribution in [3.63, 3.8) is 0 Å². The van der Waals surface area contributed by atoms with Gasteiger partial charge in [-0.05, 0) is 37.0 Å². The third-order valence-electron chi connectivity index (χ3n) is 2.05. The van der Waals surface area contributed by atoms with Crippen LogP contribution in [0.5, 0.6) is 5.75 Å². The van der Waals surface area contributed by atoms with E-state index in [1.807, 2.05) is 23.9 Å². The number of ether oxygens (including phenoxy) is 1. The molecule has 0 unspecified atom stereocenters. The van der Waals surface area contributed by atoms with E-state index in [4.69, 9.17) is 4.74 Å². The standard InChI is InChI=1S/C12H20N2OS/c1-3-9-15-11-6-4-7-13-12(11)14-8-5-10-16-2/h4,6-7H,3,5,8-10H2,1-2H3,(H,13,14). The summed E-state index contributed by atoms with van der Waals surface area (Å²) >= 11 is 1.86. The number of hydrogen-bond donors (Lipinski definition) is 1. The quantitative estimate of drug-likeness (QED) is 0.708. The minimum absolute atomic E-state index is 0.741. The van der Waals surface area contributed by atoms with Gasteiger partial charge in [0.05, 0.1) is 6.61 Å². The topological polar surface area (TPSA) is 34.1 Å². The first-order valence-electron chi connectivity index (χ1n) is 5.69. The molecule has 3 nitrogen and oxygen atoms in total. The van der Waals surface area contributed by atoms with Crippen LogP contribution in [0.1, 0.15) is 19.8 Å². The number of thioether (sulfide) groups is 1. The third kappa shape index (κ3) is 4.75. The lowest BCUT2D eigenvalue weighted by molar-refractivity contribution is 0.318. The van der Waals surface area contributed by atoms with Crippen LogP contribution in [0.3, 0.4) is 0 Å². The van der Waals surface area contributed by atoms with Gasteiger partial charge in [0.25, 0.3) is 0 Å². The summed E-state index contributed by atoms with van der Waals surface area (Å²) < 4.78 is 5.61. The first-order valence-corrected chi connectivity index (χ1v) is 7.08. The van der Waals surface area contributed by atoms with Crippen LogP contribution < -0.4 is 10.1 Å². The molecule has 1 N–H and O–H groups in total. The zero-order chi connectivity index (χ0) is 11.6. The molecule has 1 aromatic heterocycles. The van der Waals surface area contributed by atoms with E-state index in [0.29, 0.717) is 0 Å².